The van der Waals surface area contributed by atoms with Gasteiger partial charge in [-0.15, -0.1) is 0 Å². The number of rotatable bonds is 6. The van der Waals surface area contributed by atoms with Crippen LogP contribution in [-0.4, -0.2) is 28.9 Å². The monoisotopic (exact) mass is 326 g/mol. The van der Waals surface area contributed by atoms with E-state index in [1.54, 1.807) is 11.0 Å². The number of nitro groups is 1. The lowest BCUT2D eigenvalue weighted by Gasteiger charge is -2.22. The van der Waals surface area contributed by atoms with E-state index in [-0.39, 0.29) is 23.4 Å². The number of nitrogens with zero attached hydrogens (tertiary/aromatic N) is 2. The number of carbonyl (C=O) groups is 1. The molecule has 6 nitrogen and oxygen atoms in total. The fraction of sp³-hybridized carbons (Fsp3) is 0.278. The van der Waals surface area contributed by atoms with E-state index in [0.29, 0.717) is 12.1 Å². The smallest absolute Gasteiger partial charge is 0.311 e. The van der Waals surface area contributed by atoms with Crippen molar-refractivity contribution in [3.8, 4) is 5.75 Å². The standard InChI is InChI=1S/C18H18N2O4/c1-24-17-10-7-14(11-16(17)20(22)23)18(21)19(15-8-9-15)12-13-5-3-2-4-6-13/h2-7,10-11,15H,8-9,12H2,1H3. The van der Waals surface area contributed by atoms with E-state index in [0.717, 1.165) is 18.4 Å². The van der Waals surface area contributed by atoms with Crippen LogP contribution in [0.25, 0.3) is 0 Å². The highest BCUT2D eigenvalue weighted by Gasteiger charge is 2.33. The summed E-state index contributed by atoms with van der Waals surface area (Å²) >= 11 is 0. The molecule has 0 unspecified atom stereocenters. The van der Waals surface area contributed by atoms with Crippen LogP contribution < -0.4 is 4.74 Å². The zero-order valence-electron chi connectivity index (χ0n) is 13.3. The maximum absolute atomic E-state index is 12.9. The van der Waals surface area contributed by atoms with Crippen LogP contribution in [0.1, 0.15) is 28.8 Å². The molecule has 0 bridgehead atoms. The summed E-state index contributed by atoms with van der Waals surface area (Å²) < 4.78 is 4.99. The molecule has 1 amide bonds. The third-order valence-corrected chi connectivity index (χ3v) is 4.07. The third-order valence-electron chi connectivity index (χ3n) is 4.07. The largest absolute Gasteiger partial charge is 0.490 e. The second kappa shape index (κ2) is 6.70. The van der Waals surface area contributed by atoms with E-state index in [1.165, 1.54) is 19.2 Å². The van der Waals surface area contributed by atoms with E-state index >= 15 is 0 Å². The summed E-state index contributed by atoms with van der Waals surface area (Å²) in [7, 11) is 1.37. The summed E-state index contributed by atoms with van der Waals surface area (Å²) in [6.07, 6.45) is 1.94. The Bertz CT molecular complexity index is 757. The first-order chi connectivity index (χ1) is 11.6. The number of ether oxygens (including phenoxy) is 1. The first-order valence-corrected chi connectivity index (χ1v) is 7.77. The maximum Gasteiger partial charge on any atom is 0.311 e. The lowest BCUT2D eigenvalue weighted by molar-refractivity contribution is -0.385. The van der Waals surface area contributed by atoms with Crippen LogP contribution in [-0.2, 0) is 6.54 Å². The average molecular weight is 326 g/mol. The van der Waals surface area contributed by atoms with Crippen LogP contribution >= 0.6 is 0 Å². The molecule has 2 aromatic rings. The van der Waals surface area contributed by atoms with Gasteiger partial charge in [0.15, 0.2) is 5.75 Å². The Balaban J connectivity index is 1.88. The van der Waals surface area contributed by atoms with Crippen LogP contribution in [0.4, 0.5) is 5.69 Å². The summed E-state index contributed by atoms with van der Waals surface area (Å²) in [6.45, 7) is 0.504. The number of methoxy groups -OCH3 is 1. The van der Waals surface area contributed by atoms with Crippen molar-refractivity contribution in [3.05, 3.63) is 69.8 Å². The molecule has 0 radical (unpaired) electrons. The molecule has 24 heavy (non-hydrogen) atoms. The summed E-state index contributed by atoms with van der Waals surface area (Å²) in [6, 6.07) is 14.3. The summed E-state index contributed by atoms with van der Waals surface area (Å²) in [5, 5.41) is 11.2. The minimum absolute atomic E-state index is 0.151. The normalized spacial score (nSPS) is 13.4. The summed E-state index contributed by atoms with van der Waals surface area (Å²) in [4.78, 5) is 25.3. The van der Waals surface area contributed by atoms with E-state index < -0.39 is 4.92 Å². The molecule has 1 fully saturated rings. The molecule has 0 aliphatic heterocycles. The summed E-state index contributed by atoms with van der Waals surface area (Å²) in [5.41, 5.74) is 1.16. The first kappa shape index (κ1) is 16.0. The molecule has 0 spiro atoms. The molecule has 6 heteroatoms. The Labute approximate surface area is 139 Å². The molecular weight excluding hydrogens is 308 g/mol. The molecule has 0 heterocycles. The second-order valence-electron chi connectivity index (χ2n) is 5.79. The first-order valence-electron chi connectivity index (χ1n) is 7.77. The van der Waals surface area contributed by atoms with Crippen molar-refractivity contribution in [1.29, 1.82) is 0 Å². The van der Waals surface area contributed by atoms with Gasteiger partial charge in [0.2, 0.25) is 0 Å². The number of nitro benzene ring substituents is 1. The van der Waals surface area contributed by atoms with Gasteiger partial charge >= 0.3 is 5.69 Å². The Morgan fingerprint density at radius 1 is 1.25 bits per heavy atom. The van der Waals surface area contributed by atoms with Crippen LogP contribution in [0.2, 0.25) is 0 Å². The van der Waals surface area contributed by atoms with Gasteiger partial charge in [-0.05, 0) is 30.5 Å². The van der Waals surface area contributed by atoms with Gasteiger partial charge in [0.25, 0.3) is 5.91 Å². The van der Waals surface area contributed by atoms with Crippen LogP contribution in [0.15, 0.2) is 48.5 Å². The molecule has 0 atom stereocenters. The number of amides is 1. The minimum atomic E-state index is -0.533. The van der Waals surface area contributed by atoms with E-state index in [9.17, 15) is 14.9 Å². The number of benzene rings is 2. The Morgan fingerprint density at radius 3 is 2.54 bits per heavy atom. The number of carbonyl (C=O) groups excluding carboxylic acids is 1. The highest BCUT2D eigenvalue weighted by atomic mass is 16.6. The third kappa shape index (κ3) is 3.37. The number of hydrogen-bond donors (Lipinski definition) is 0. The molecule has 124 valence electrons. The Morgan fingerprint density at radius 2 is 1.96 bits per heavy atom. The maximum atomic E-state index is 12.9. The highest BCUT2D eigenvalue weighted by Crippen LogP contribution is 2.32. The quantitative estimate of drug-likeness (QED) is 0.602. The van der Waals surface area contributed by atoms with Gasteiger partial charge in [0, 0.05) is 24.2 Å². The van der Waals surface area contributed by atoms with E-state index in [1.807, 2.05) is 30.3 Å². The molecule has 3 rings (SSSR count). The van der Waals surface area contributed by atoms with Gasteiger partial charge in [0.05, 0.1) is 12.0 Å². The molecule has 2 aromatic carbocycles. The zero-order valence-corrected chi connectivity index (χ0v) is 13.3. The molecule has 1 saturated carbocycles. The lowest BCUT2D eigenvalue weighted by atomic mass is 10.1. The average Bonchev–Trinajstić information content (AvgIpc) is 3.44. The fourth-order valence-electron chi connectivity index (χ4n) is 2.66. The topological polar surface area (TPSA) is 72.7 Å². The Hall–Kier alpha value is -2.89. The molecule has 1 aliphatic rings. The van der Waals surface area contributed by atoms with Gasteiger partial charge in [0.1, 0.15) is 0 Å². The predicted molar refractivity (Wildman–Crippen MR) is 89.0 cm³/mol. The molecule has 1 aliphatic carbocycles. The molecule has 0 N–H and O–H groups in total. The van der Waals surface area contributed by atoms with E-state index in [4.69, 9.17) is 4.74 Å². The van der Waals surface area contributed by atoms with E-state index in [2.05, 4.69) is 0 Å². The fourth-order valence-corrected chi connectivity index (χ4v) is 2.66. The molecular formula is C18H18N2O4. The Kier molecular flexibility index (Phi) is 4.46. The van der Waals surface area contributed by atoms with Crippen LogP contribution in [0, 0.1) is 10.1 Å². The minimum Gasteiger partial charge on any atom is -0.490 e. The predicted octanol–water partition coefficient (Wildman–Crippen LogP) is 3.41. The van der Waals surface area contributed by atoms with Gasteiger partial charge in [-0.3, -0.25) is 14.9 Å². The van der Waals surface area contributed by atoms with Crippen molar-refractivity contribution in [3.63, 3.8) is 0 Å². The van der Waals surface area contributed by atoms with Gasteiger partial charge in [-0.1, -0.05) is 30.3 Å². The SMILES string of the molecule is COc1ccc(C(=O)N(Cc2ccccc2)C2CC2)cc1[N+](=O)[O-]. The van der Waals surface area contributed by atoms with Crippen LogP contribution in [0.5, 0.6) is 5.75 Å². The van der Waals surface area contributed by atoms with Crippen molar-refractivity contribution in [2.24, 2.45) is 0 Å². The van der Waals surface area contributed by atoms with Crippen molar-refractivity contribution < 1.29 is 14.5 Å². The highest BCUT2D eigenvalue weighted by molar-refractivity contribution is 5.95. The van der Waals surface area contributed by atoms with Crippen molar-refractivity contribution >= 4 is 11.6 Å². The van der Waals surface area contributed by atoms with Gasteiger partial charge < -0.3 is 9.64 Å². The van der Waals surface area contributed by atoms with Crippen LogP contribution in [0.3, 0.4) is 0 Å². The van der Waals surface area contributed by atoms with Gasteiger partial charge in [-0.25, -0.2) is 0 Å². The molecule has 0 saturated heterocycles. The second-order valence-corrected chi connectivity index (χ2v) is 5.79. The number of hydrogen-bond acceptors (Lipinski definition) is 4. The van der Waals surface area contributed by atoms with Gasteiger partial charge in [-0.2, -0.15) is 0 Å². The van der Waals surface area contributed by atoms with Crippen molar-refractivity contribution in [2.45, 2.75) is 25.4 Å². The van der Waals surface area contributed by atoms with Crippen molar-refractivity contribution in [1.82, 2.24) is 4.90 Å². The lowest BCUT2D eigenvalue weighted by Crippen LogP contribution is -2.32. The summed E-state index contributed by atoms with van der Waals surface area (Å²) in [5.74, 6) is -0.0373. The molecule has 0 aromatic heterocycles. The van der Waals surface area contributed by atoms with Crippen molar-refractivity contribution in [2.75, 3.05) is 7.11 Å². The zero-order chi connectivity index (χ0) is 17.1.